The number of benzene rings is 2. The zero-order valence-electron chi connectivity index (χ0n) is 17.6. The number of aryl methyl sites for hydroxylation is 2. The van der Waals surface area contributed by atoms with E-state index in [-0.39, 0.29) is 24.1 Å². The third kappa shape index (κ3) is 4.58. The lowest BCUT2D eigenvalue weighted by Gasteiger charge is -2.28. The average molecular weight is 419 g/mol. The predicted octanol–water partition coefficient (Wildman–Crippen LogP) is 2.36. The molecule has 2 aromatic carbocycles. The van der Waals surface area contributed by atoms with E-state index in [9.17, 15) is 14.4 Å². The second-order valence-electron chi connectivity index (χ2n) is 7.81. The fraction of sp³-hybridized carbons (Fsp3) is 0.304. The molecule has 0 atom stereocenters. The molecule has 31 heavy (non-hydrogen) atoms. The highest BCUT2D eigenvalue weighted by molar-refractivity contribution is 6.44. The summed E-state index contributed by atoms with van der Waals surface area (Å²) in [6.07, 6.45) is 0.530. The maximum atomic E-state index is 12.8. The molecule has 4 rings (SSSR count). The van der Waals surface area contributed by atoms with E-state index in [2.05, 4.69) is 15.7 Å². The number of hydrogen-bond acceptors (Lipinski definition) is 5. The average Bonchev–Trinajstić information content (AvgIpc) is 2.76. The van der Waals surface area contributed by atoms with E-state index in [4.69, 9.17) is 0 Å². The molecule has 0 aliphatic carbocycles. The highest BCUT2D eigenvalue weighted by atomic mass is 16.2. The van der Waals surface area contributed by atoms with Crippen LogP contribution in [0.15, 0.2) is 47.6 Å². The first kappa shape index (κ1) is 20.6. The monoisotopic (exact) mass is 419 g/mol. The van der Waals surface area contributed by atoms with Crippen molar-refractivity contribution in [1.29, 1.82) is 0 Å². The summed E-state index contributed by atoms with van der Waals surface area (Å²) < 4.78 is 0. The van der Waals surface area contributed by atoms with Crippen molar-refractivity contribution in [1.82, 2.24) is 5.32 Å². The summed E-state index contributed by atoms with van der Waals surface area (Å²) in [5, 5.41) is 11.4. The second kappa shape index (κ2) is 8.59. The molecule has 8 heteroatoms. The number of hydrazone groups is 1. The maximum absolute atomic E-state index is 12.8. The van der Waals surface area contributed by atoms with Gasteiger partial charge in [-0.3, -0.25) is 14.4 Å². The van der Waals surface area contributed by atoms with Gasteiger partial charge in [0.1, 0.15) is 5.71 Å². The van der Waals surface area contributed by atoms with Crippen molar-refractivity contribution in [3.63, 3.8) is 0 Å². The molecule has 0 unspecified atom stereocenters. The number of nitrogens with zero attached hydrogens (tertiary/aromatic N) is 3. The molecule has 8 nitrogen and oxygen atoms in total. The van der Waals surface area contributed by atoms with E-state index < -0.39 is 0 Å². The first-order chi connectivity index (χ1) is 14.9. The molecule has 2 heterocycles. The Bertz CT molecular complexity index is 1060. The quantitative estimate of drug-likeness (QED) is 0.796. The molecule has 0 bridgehead atoms. The van der Waals surface area contributed by atoms with Gasteiger partial charge in [0.05, 0.1) is 12.2 Å². The van der Waals surface area contributed by atoms with Crippen LogP contribution in [0.4, 0.5) is 17.1 Å². The van der Waals surface area contributed by atoms with Gasteiger partial charge in [0.15, 0.2) is 0 Å². The molecule has 1 saturated heterocycles. The van der Waals surface area contributed by atoms with Crippen molar-refractivity contribution in [3.8, 4) is 0 Å². The predicted molar refractivity (Wildman–Crippen MR) is 120 cm³/mol. The van der Waals surface area contributed by atoms with Crippen LogP contribution in [0, 0.1) is 13.8 Å². The van der Waals surface area contributed by atoms with Crippen LogP contribution in [0.3, 0.4) is 0 Å². The summed E-state index contributed by atoms with van der Waals surface area (Å²) in [6, 6.07) is 13.2. The fourth-order valence-corrected chi connectivity index (χ4v) is 3.67. The molecular weight excluding hydrogens is 394 g/mol. The topological polar surface area (TPSA) is 94.1 Å². The van der Waals surface area contributed by atoms with E-state index in [1.165, 1.54) is 5.01 Å². The Morgan fingerprint density at radius 3 is 2.58 bits per heavy atom. The number of amides is 3. The minimum atomic E-state index is -0.326. The number of nitrogens with one attached hydrogen (secondary N) is 2. The van der Waals surface area contributed by atoms with E-state index in [1.54, 1.807) is 12.1 Å². The normalized spacial score (nSPS) is 16.6. The Balaban J connectivity index is 1.48. The standard InChI is InChI=1S/C23H25N5O3/c1-15-3-4-16(2)20(13-15)28-22(30)10-9-19(26-28)23(31)25-17-5-7-18(8-6-17)27-12-11-24-21(29)14-27/h3-8,13H,9-12,14H2,1-2H3,(H,24,29)(H,25,31). The Hall–Kier alpha value is -3.68. The van der Waals surface area contributed by atoms with Gasteiger partial charge in [-0.1, -0.05) is 12.1 Å². The summed E-state index contributed by atoms with van der Waals surface area (Å²) >= 11 is 0. The zero-order chi connectivity index (χ0) is 22.0. The Labute approximate surface area is 180 Å². The van der Waals surface area contributed by atoms with Crippen LogP contribution in [0.1, 0.15) is 24.0 Å². The molecule has 0 aromatic heterocycles. The number of carbonyl (C=O) groups is 3. The SMILES string of the molecule is Cc1ccc(C)c(N2N=C(C(=O)Nc3ccc(N4CCNC(=O)C4)cc3)CCC2=O)c1. The summed E-state index contributed by atoms with van der Waals surface area (Å²) in [5.41, 5.74) is 4.52. The van der Waals surface area contributed by atoms with Gasteiger partial charge in [-0.25, -0.2) is 5.01 Å². The molecule has 3 amide bonds. The van der Waals surface area contributed by atoms with E-state index in [1.807, 2.05) is 49.1 Å². The lowest BCUT2D eigenvalue weighted by molar-refractivity contribution is -0.120. The molecule has 160 valence electrons. The molecule has 2 N–H and O–H groups in total. The van der Waals surface area contributed by atoms with Gasteiger partial charge in [-0.2, -0.15) is 5.10 Å². The third-order valence-electron chi connectivity index (χ3n) is 5.42. The highest BCUT2D eigenvalue weighted by Gasteiger charge is 2.26. The van der Waals surface area contributed by atoms with E-state index in [0.717, 1.165) is 23.4 Å². The zero-order valence-corrected chi connectivity index (χ0v) is 17.6. The van der Waals surface area contributed by atoms with Crippen molar-refractivity contribution in [2.75, 3.05) is 34.9 Å². The van der Waals surface area contributed by atoms with Crippen LogP contribution in [0.5, 0.6) is 0 Å². The molecule has 0 radical (unpaired) electrons. The smallest absolute Gasteiger partial charge is 0.271 e. The highest BCUT2D eigenvalue weighted by Crippen LogP contribution is 2.26. The van der Waals surface area contributed by atoms with Gasteiger partial charge in [0.2, 0.25) is 11.8 Å². The fourth-order valence-electron chi connectivity index (χ4n) is 3.67. The van der Waals surface area contributed by atoms with E-state index in [0.29, 0.717) is 36.6 Å². The lowest BCUT2D eigenvalue weighted by Crippen LogP contribution is -2.47. The number of hydrogen-bond donors (Lipinski definition) is 2. The number of piperazine rings is 1. The van der Waals surface area contributed by atoms with Crippen molar-refractivity contribution < 1.29 is 14.4 Å². The van der Waals surface area contributed by atoms with Crippen LogP contribution in [-0.2, 0) is 14.4 Å². The first-order valence-corrected chi connectivity index (χ1v) is 10.3. The molecule has 0 saturated carbocycles. The van der Waals surface area contributed by atoms with Crippen molar-refractivity contribution in [3.05, 3.63) is 53.6 Å². The summed E-state index contributed by atoms with van der Waals surface area (Å²) in [7, 11) is 0. The Kier molecular flexibility index (Phi) is 5.70. The molecule has 1 fully saturated rings. The third-order valence-corrected chi connectivity index (χ3v) is 5.42. The van der Waals surface area contributed by atoms with Gasteiger partial charge in [-0.15, -0.1) is 0 Å². The Morgan fingerprint density at radius 2 is 1.84 bits per heavy atom. The van der Waals surface area contributed by atoms with E-state index >= 15 is 0 Å². The van der Waals surface area contributed by atoms with Crippen LogP contribution >= 0.6 is 0 Å². The van der Waals surface area contributed by atoms with Crippen LogP contribution in [0.2, 0.25) is 0 Å². The van der Waals surface area contributed by atoms with Gasteiger partial charge in [0.25, 0.3) is 5.91 Å². The summed E-state index contributed by atoms with van der Waals surface area (Å²) in [5.74, 6) is -0.449. The number of anilines is 3. The molecule has 0 spiro atoms. The lowest BCUT2D eigenvalue weighted by atomic mass is 10.1. The number of carbonyl (C=O) groups excluding carboxylic acids is 3. The first-order valence-electron chi connectivity index (χ1n) is 10.3. The molecular formula is C23H25N5O3. The van der Waals surface area contributed by atoms with Crippen LogP contribution in [0.25, 0.3) is 0 Å². The van der Waals surface area contributed by atoms with Gasteiger partial charge >= 0.3 is 0 Å². The van der Waals surface area contributed by atoms with Crippen LogP contribution in [-0.4, -0.2) is 43.1 Å². The Morgan fingerprint density at radius 1 is 1.06 bits per heavy atom. The minimum absolute atomic E-state index is 0.00175. The van der Waals surface area contributed by atoms with Crippen molar-refractivity contribution >= 4 is 40.5 Å². The van der Waals surface area contributed by atoms with Crippen molar-refractivity contribution in [2.45, 2.75) is 26.7 Å². The van der Waals surface area contributed by atoms with Crippen molar-refractivity contribution in [2.24, 2.45) is 5.10 Å². The second-order valence-corrected chi connectivity index (χ2v) is 7.81. The molecule has 2 aliphatic rings. The number of rotatable bonds is 4. The largest absolute Gasteiger partial charge is 0.360 e. The maximum Gasteiger partial charge on any atom is 0.271 e. The van der Waals surface area contributed by atoms with Gasteiger partial charge in [-0.05, 0) is 55.3 Å². The summed E-state index contributed by atoms with van der Waals surface area (Å²) in [4.78, 5) is 38.8. The summed E-state index contributed by atoms with van der Waals surface area (Å²) in [6.45, 7) is 5.56. The van der Waals surface area contributed by atoms with Gasteiger partial charge in [0, 0.05) is 37.3 Å². The minimum Gasteiger partial charge on any atom is -0.360 e. The van der Waals surface area contributed by atoms with Crippen LogP contribution < -0.4 is 20.5 Å². The molecule has 2 aromatic rings. The van der Waals surface area contributed by atoms with Gasteiger partial charge < -0.3 is 15.5 Å². The molecule has 2 aliphatic heterocycles.